The molecule has 0 aromatic carbocycles. The molecule has 1 fully saturated rings. The van der Waals surface area contributed by atoms with Crippen LogP contribution in [0.25, 0.3) is 0 Å². The number of rotatable bonds is 12. The van der Waals surface area contributed by atoms with Gasteiger partial charge in [-0.25, -0.2) is 0 Å². The van der Waals surface area contributed by atoms with Crippen LogP contribution in [0.4, 0.5) is 0 Å². The zero-order chi connectivity index (χ0) is 18.3. The average molecular weight is 356 g/mol. The van der Waals surface area contributed by atoms with Gasteiger partial charge in [-0.2, -0.15) is 0 Å². The number of unbranched alkanes of at least 4 members (excludes halogenated alkanes) is 1. The van der Waals surface area contributed by atoms with E-state index < -0.39 is 0 Å². The molecule has 0 radical (unpaired) electrons. The maximum absolute atomic E-state index is 5.09. The van der Waals surface area contributed by atoms with E-state index in [0.29, 0.717) is 0 Å². The van der Waals surface area contributed by atoms with Crippen LogP contribution in [0.5, 0.6) is 0 Å². The van der Waals surface area contributed by atoms with Crippen LogP contribution < -0.4 is 10.6 Å². The van der Waals surface area contributed by atoms with Crippen molar-refractivity contribution in [1.29, 1.82) is 0 Å². The fraction of sp³-hybridized carbons (Fsp3) is 0.947. The summed E-state index contributed by atoms with van der Waals surface area (Å²) >= 11 is 0. The van der Waals surface area contributed by atoms with E-state index in [4.69, 9.17) is 4.74 Å². The van der Waals surface area contributed by atoms with Gasteiger partial charge in [-0.3, -0.25) is 4.99 Å². The molecular formula is C19H41N5O. The number of guanidine groups is 1. The van der Waals surface area contributed by atoms with Crippen LogP contribution in [0.2, 0.25) is 0 Å². The molecule has 0 saturated carbocycles. The number of nitrogens with zero attached hydrogens (tertiary/aromatic N) is 3. The normalized spacial score (nSPS) is 19.4. The first kappa shape index (κ1) is 22.2. The third-order valence-electron chi connectivity index (χ3n) is 4.83. The summed E-state index contributed by atoms with van der Waals surface area (Å²) in [5, 5.41) is 6.82. The van der Waals surface area contributed by atoms with Crippen LogP contribution in [0.15, 0.2) is 4.99 Å². The molecule has 0 aromatic heterocycles. The minimum atomic E-state index is 0.831. The molecule has 1 rings (SSSR count). The Kier molecular flexibility index (Phi) is 12.7. The lowest BCUT2D eigenvalue weighted by Gasteiger charge is -2.30. The van der Waals surface area contributed by atoms with Gasteiger partial charge in [-0.05, 0) is 58.2 Å². The Morgan fingerprint density at radius 1 is 1.20 bits per heavy atom. The summed E-state index contributed by atoms with van der Waals surface area (Å²) in [6.45, 7) is 11.0. The number of likely N-dealkylation sites (tertiary alicyclic amines) is 1. The van der Waals surface area contributed by atoms with Gasteiger partial charge in [-0.15, -0.1) is 0 Å². The number of hydrogen-bond acceptors (Lipinski definition) is 4. The summed E-state index contributed by atoms with van der Waals surface area (Å²) < 4.78 is 5.09. The highest BCUT2D eigenvalue weighted by molar-refractivity contribution is 5.79. The van der Waals surface area contributed by atoms with Gasteiger partial charge in [0.25, 0.3) is 0 Å². The molecule has 2 N–H and O–H groups in total. The van der Waals surface area contributed by atoms with Crippen molar-refractivity contribution in [3.63, 3.8) is 0 Å². The van der Waals surface area contributed by atoms with Crippen molar-refractivity contribution in [3.05, 3.63) is 0 Å². The average Bonchev–Trinajstić information content (AvgIpc) is 2.60. The van der Waals surface area contributed by atoms with Crippen molar-refractivity contribution in [3.8, 4) is 0 Å². The van der Waals surface area contributed by atoms with E-state index in [9.17, 15) is 0 Å². The monoisotopic (exact) mass is 355 g/mol. The molecular weight excluding hydrogens is 314 g/mol. The molecule has 1 heterocycles. The Labute approximate surface area is 155 Å². The number of hydrogen-bond donors (Lipinski definition) is 2. The molecule has 1 aliphatic heterocycles. The Balaban J connectivity index is 2.00. The molecule has 1 aliphatic rings. The molecule has 148 valence electrons. The number of aliphatic imine (C=N–C) groups is 1. The van der Waals surface area contributed by atoms with Crippen LogP contribution in [-0.2, 0) is 4.74 Å². The van der Waals surface area contributed by atoms with E-state index in [1.807, 2.05) is 7.05 Å². The van der Waals surface area contributed by atoms with Gasteiger partial charge in [0.15, 0.2) is 5.96 Å². The zero-order valence-corrected chi connectivity index (χ0v) is 17.0. The number of ether oxygens (including phenoxy) is 1. The Morgan fingerprint density at radius 3 is 2.72 bits per heavy atom. The lowest BCUT2D eigenvalue weighted by molar-refractivity contribution is 0.180. The molecule has 0 bridgehead atoms. The van der Waals surface area contributed by atoms with Crippen LogP contribution in [-0.4, -0.2) is 89.4 Å². The third-order valence-corrected chi connectivity index (χ3v) is 4.83. The molecule has 0 amide bonds. The quantitative estimate of drug-likeness (QED) is 0.317. The van der Waals surface area contributed by atoms with E-state index in [1.165, 1.54) is 45.3 Å². The van der Waals surface area contributed by atoms with Gasteiger partial charge < -0.3 is 25.2 Å². The highest BCUT2D eigenvalue weighted by Crippen LogP contribution is 2.15. The fourth-order valence-corrected chi connectivity index (χ4v) is 3.33. The van der Waals surface area contributed by atoms with E-state index in [2.05, 4.69) is 39.4 Å². The third kappa shape index (κ3) is 11.4. The highest BCUT2D eigenvalue weighted by atomic mass is 16.5. The first-order valence-electron chi connectivity index (χ1n) is 10.00. The summed E-state index contributed by atoms with van der Waals surface area (Å²) in [5.74, 6) is 1.79. The summed E-state index contributed by atoms with van der Waals surface area (Å²) in [7, 11) is 5.74. The van der Waals surface area contributed by atoms with Gasteiger partial charge in [0.1, 0.15) is 0 Å². The second-order valence-corrected chi connectivity index (χ2v) is 7.33. The maximum atomic E-state index is 5.09. The number of likely N-dealkylation sites (N-methyl/N-ethyl adjacent to an activating group) is 1. The molecule has 1 unspecified atom stereocenters. The molecule has 1 saturated heterocycles. The minimum absolute atomic E-state index is 0.831. The first-order valence-corrected chi connectivity index (χ1v) is 10.00. The van der Waals surface area contributed by atoms with E-state index in [0.717, 1.165) is 51.1 Å². The van der Waals surface area contributed by atoms with Crippen molar-refractivity contribution in [1.82, 2.24) is 20.4 Å². The molecule has 1 atom stereocenters. The van der Waals surface area contributed by atoms with E-state index in [1.54, 1.807) is 7.11 Å². The van der Waals surface area contributed by atoms with Gasteiger partial charge >= 0.3 is 0 Å². The molecule has 0 aromatic rings. The molecule has 0 aliphatic carbocycles. The Morgan fingerprint density at radius 2 is 2.00 bits per heavy atom. The summed E-state index contributed by atoms with van der Waals surface area (Å²) in [6, 6.07) is 0. The molecule has 6 heteroatoms. The minimum Gasteiger partial charge on any atom is -0.385 e. The molecule has 0 spiro atoms. The molecule has 25 heavy (non-hydrogen) atoms. The van der Waals surface area contributed by atoms with Crippen molar-refractivity contribution >= 4 is 5.96 Å². The first-order chi connectivity index (χ1) is 12.2. The highest BCUT2D eigenvalue weighted by Gasteiger charge is 2.15. The standard InChI is InChI=1S/C19H41N5O/c1-18-9-7-14-24(17-18)13-6-5-10-21-19(20-2)22-11-15-23(3)12-8-16-25-4/h18H,5-17H2,1-4H3,(H2,20,21,22). The summed E-state index contributed by atoms with van der Waals surface area (Å²) in [5.41, 5.74) is 0. The number of nitrogens with one attached hydrogen (secondary N) is 2. The van der Waals surface area contributed by atoms with Crippen LogP contribution in [0.3, 0.4) is 0 Å². The second kappa shape index (κ2) is 14.3. The van der Waals surface area contributed by atoms with Crippen molar-refractivity contribution < 1.29 is 4.74 Å². The van der Waals surface area contributed by atoms with Crippen molar-refractivity contribution in [2.75, 3.05) is 73.6 Å². The zero-order valence-electron chi connectivity index (χ0n) is 17.0. The van der Waals surface area contributed by atoms with Gasteiger partial charge in [0.2, 0.25) is 0 Å². The number of methoxy groups -OCH3 is 1. The van der Waals surface area contributed by atoms with Crippen molar-refractivity contribution in [2.45, 2.75) is 39.0 Å². The van der Waals surface area contributed by atoms with E-state index >= 15 is 0 Å². The fourth-order valence-electron chi connectivity index (χ4n) is 3.33. The SMILES string of the molecule is CN=C(NCCCCN1CCCC(C)C1)NCCN(C)CCCOC. The van der Waals surface area contributed by atoms with E-state index in [-0.39, 0.29) is 0 Å². The Hall–Kier alpha value is -0.850. The Bertz CT molecular complexity index is 351. The summed E-state index contributed by atoms with van der Waals surface area (Å²) in [4.78, 5) is 9.25. The van der Waals surface area contributed by atoms with Crippen LogP contribution >= 0.6 is 0 Å². The lowest BCUT2D eigenvalue weighted by atomic mass is 10.0. The predicted octanol–water partition coefficient (Wildman–Crippen LogP) is 1.63. The van der Waals surface area contributed by atoms with Gasteiger partial charge in [0, 0.05) is 53.5 Å². The number of piperidine rings is 1. The molecule has 6 nitrogen and oxygen atoms in total. The second-order valence-electron chi connectivity index (χ2n) is 7.33. The van der Waals surface area contributed by atoms with Gasteiger partial charge in [0.05, 0.1) is 0 Å². The maximum Gasteiger partial charge on any atom is 0.191 e. The summed E-state index contributed by atoms with van der Waals surface area (Å²) in [6.07, 6.45) is 6.31. The lowest BCUT2D eigenvalue weighted by Crippen LogP contribution is -2.41. The topological polar surface area (TPSA) is 52.1 Å². The van der Waals surface area contributed by atoms with Crippen LogP contribution in [0, 0.1) is 5.92 Å². The van der Waals surface area contributed by atoms with Crippen LogP contribution in [0.1, 0.15) is 39.0 Å². The largest absolute Gasteiger partial charge is 0.385 e. The smallest absolute Gasteiger partial charge is 0.191 e. The van der Waals surface area contributed by atoms with Crippen molar-refractivity contribution in [2.24, 2.45) is 10.9 Å². The van der Waals surface area contributed by atoms with Gasteiger partial charge in [-0.1, -0.05) is 6.92 Å². The predicted molar refractivity (Wildman–Crippen MR) is 107 cm³/mol.